The molecule has 2 aromatic rings. The Kier molecular flexibility index (Phi) is 2.99. The van der Waals surface area contributed by atoms with E-state index in [0.29, 0.717) is 19.3 Å². The molecular formula is C7Cl4OS2. The highest BCUT2D eigenvalue weighted by Gasteiger charge is 2.18. The molecule has 0 saturated carbocycles. The third-order valence-corrected chi connectivity index (χ3v) is 4.63. The number of hydrogen-bond donors (Lipinski definition) is 0. The van der Waals surface area contributed by atoms with Gasteiger partial charge in [-0.1, -0.05) is 57.7 Å². The van der Waals surface area contributed by atoms with Crippen LogP contribution in [0.2, 0.25) is 20.1 Å². The zero-order valence-electron chi connectivity index (χ0n) is 6.24. The van der Waals surface area contributed by atoms with E-state index in [9.17, 15) is 0 Å². The Morgan fingerprint density at radius 3 is 2.14 bits per heavy atom. The number of halogens is 4. The molecule has 1 heterocycles. The molecule has 0 aliphatic heterocycles. The van der Waals surface area contributed by atoms with E-state index in [1.54, 1.807) is 0 Å². The van der Waals surface area contributed by atoms with Gasteiger partial charge in [0, 0.05) is 0 Å². The molecule has 1 nitrogen and oxygen atoms in total. The smallest absolute Gasteiger partial charge is 0.248 e. The average molecular weight is 306 g/mol. The quantitative estimate of drug-likeness (QED) is 0.345. The second-order valence-corrected chi connectivity index (χ2v) is 5.49. The topological polar surface area (TPSA) is 13.1 Å². The van der Waals surface area contributed by atoms with Crippen molar-refractivity contribution in [1.29, 1.82) is 0 Å². The van der Waals surface area contributed by atoms with Crippen LogP contribution in [0.4, 0.5) is 0 Å². The molecule has 0 amide bonds. The second kappa shape index (κ2) is 3.81. The van der Waals surface area contributed by atoms with Crippen molar-refractivity contribution in [2.75, 3.05) is 0 Å². The summed E-state index contributed by atoms with van der Waals surface area (Å²) in [5, 5.41) is 0.963. The zero-order valence-corrected chi connectivity index (χ0v) is 10.9. The van der Waals surface area contributed by atoms with Crippen LogP contribution in [0.5, 0.6) is 0 Å². The van der Waals surface area contributed by atoms with Crippen LogP contribution < -0.4 is 0 Å². The molecule has 0 saturated heterocycles. The minimum absolute atomic E-state index is 0.183. The Balaban J connectivity index is 3.08. The van der Waals surface area contributed by atoms with Gasteiger partial charge in [-0.15, -0.1) is 0 Å². The van der Waals surface area contributed by atoms with E-state index in [-0.39, 0.29) is 15.1 Å². The van der Waals surface area contributed by atoms with Crippen LogP contribution in [0.15, 0.2) is 4.42 Å². The van der Waals surface area contributed by atoms with E-state index < -0.39 is 0 Å². The zero-order chi connectivity index (χ0) is 10.5. The van der Waals surface area contributed by atoms with Gasteiger partial charge in [-0.2, -0.15) is 0 Å². The summed E-state index contributed by atoms with van der Waals surface area (Å²) in [6.07, 6.45) is 0. The van der Waals surface area contributed by atoms with Crippen molar-refractivity contribution in [2.24, 2.45) is 0 Å². The molecule has 0 aliphatic carbocycles. The summed E-state index contributed by atoms with van der Waals surface area (Å²) < 4.78 is 6.15. The summed E-state index contributed by atoms with van der Waals surface area (Å²) in [7, 11) is 0. The molecule has 0 aliphatic rings. The van der Waals surface area contributed by atoms with Crippen molar-refractivity contribution in [3.8, 4) is 0 Å². The summed E-state index contributed by atoms with van der Waals surface area (Å²) in [5.41, 5.74) is 0.390. The van der Waals surface area contributed by atoms with E-state index in [0.717, 1.165) is 0 Å². The van der Waals surface area contributed by atoms with Crippen LogP contribution in [-0.4, -0.2) is 0 Å². The number of rotatable bonds is 0. The highest BCUT2D eigenvalue weighted by atomic mass is 35.5. The normalized spacial score (nSPS) is 11.1. The lowest BCUT2D eigenvalue weighted by Gasteiger charge is -2.01. The Morgan fingerprint density at radius 1 is 0.929 bits per heavy atom. The first-order valence-corrected chi connectivity index (χ1v) is 6.01. The summed E-state index contributed by atoms with van der Waals surface area (Å²) >= 11 is 29.6. The predicted molar refractivity (Wildman–Crippen MR) is 65.0 cm³/mol. The van der Waals surface area contributed by atoms with E-state index in [4.69, 9.17) is 63.0 Å². The van der Waals surface area contributed by atoms with Crippen molar-refractivity contribution in [3.63, 3.8) is 0 Å². The van der Waals surface area contributed by atoms with Crippen LogP contribution in [0.1, 0.15) is 0 Å². The van der Waals surface area contributed by atoms with Gasteiger partial charge in [0.05, 0.1) is 19.8 Å². The molecular weight excluding hydrogens is 306 g/mol. The fourth-order valence-electron chi connectivity index (χ4n) is 0.961. The van der Waals surface area contributed by atoms with Gasteiger partial charge in [-0.25, -0.2) is 0 Å². The summed E-state index contributed by atoms with van der Waals surface area (Å²) in [5.74, 6) is 0. The highest BCUT2D eigenvalue weighted by molar-refractivity contribution is 7.73. The maximum atomic E-state index is 5.95. The van der Waals surface area contributed by atoms with Crippen LogP contribution in [0.3, 0.4) is 0 Å². The minimum Gasteiger partial charge on any atom is -0.434 e. The lowest BCUT2D eigenvalue weighted by Crippen LogP contribution is -1.75. The molecule has 0 unspecified atom stereocenters. The van der Waals surface area contributed by atoms with Crippen LogP contribution >= 0.6 is 70.0 Å². The Bertz CT molecular complexity index is 523. The van der Waals surface area contributed by atoms with Crippen molar-refractivity contribution >= 4 is 80.2 Å². The number of fused-ring (bicyclic) bond motifs is 1. The van der Waals surface area contributed by atoms with Crippen LogP contribution in [0.25, 0.3) is 10.3 Å². The van der Waals surface area contributed by atoms with Crippen molar-refractivity contribution in [1.82, 2.24) is 0 Å². The molecule has 14 heavy (non-hydrogen) atoms. The van der Waals surface area contributed by atoms with Gasteiger partial charge in [-0.3, -0.25) is 0 Å². The molecule has 1 aromatic carbocycles. The van der Waals surface area contributed by atoms with E-state index >= 15 is 0 Å². The SMILES string of the molecule is S=c1oc2c(Cl)c(Cl)c(Cl)c(Cl)c2s1. The molecule has 0 bridgehead atoms. The molecule has 0 atom stereocenters. The summed E-state index contributed by atoms with van der Waals surface area (Å²) in [4.78, 5) is 0. The van der Waals surface area contributed by atoms with Gasteiger partial charge in [0.2, 0.25) is 4.02 Å². The van der Waals surface area contributed by atoms with Gasteiger partial charge in [0.1, 0.15) is 5.02 Å². The minimum atomic E-state index is 0.183. The Morgan fingerprint density at radius 2 is 1.50 bits per heavy atom. The molecule has 0 fully saturated rings. The first kappa shape index (κ1) is 11.0. The fourth-order valence-corrected chi connectivity index (χ4v) is 3.12. The highest BCUT2D eigenvalue weighted by Crippen LogP contribution is 2.45. The van der Waals surface area contributed by atoms with Gasteiger partial charge >= 0.3 is 0 Å². The van der Waals surface area contributed by atoms with Crippen molar-refractivity contribution in [2.45, 2.75) is 0 Å². The molecule has 2 rings (SSSR count). The number of benzene rings is 1. The first-order valence-electron chi connectivity index (χ1n) is 3.28. The lowest BCUT2D eigenvalue weighted by atomic mass is 10.3. The first-order chi connectivity index (χ1) is 6.52. The fraction of sp³-hybridized carbons (Fsp3) is 0. The molecule has 1 aromatic heterocycles. The molecule has 0 N–H and O–H groups in total. The van der Waals surface area contributed by atoms with Crippen molar-refractivity contribution < 1.29 is 4.42 Å². The van der Waals surface area contributed by atoms with Gasteiger partial charge in [-0.05, 0) is 12.2 Å². The van der Waals surface area contributed by atoms with Crippen LogP contribution in [0, 0.1) is 4.02 Å². The molecule has 0 radical (unpaired) electrons. The number of hydrogen-bond acceptors (Lipinski definition) is 3. The second-order valence-electron chi connectivity index (χ2n) is 2.37. The largest absolute Gasteiger partial charge is 0.434 e. The van der Waals surface area contributed by atoms with Gasteiger partial charge in [0.25, 0.3) is 0 Å². The molecule has 7 heteroatoms. The van der Waals surface area contributed by atoms with Crippen molar-refractivity contribution in [3.05, 3.63) is 24.1 Å². The van der Waals surface area contributed by atoms with Gasteiger partial charge < -0.3 is 4.42 Å². The third kappa shape index (κ3) is 1.56. The van der Waals surface area contributed by atoms with E-state index in [1.165, 1.54) is 11.3 Å². The monoisotopic (exact) mass is 304 g/mol. The Labute approximate surface area is 108 Å². The standard InChI is InChI=1S/C7Cl4OS2/c8-1-2(9)4(11)6-5(3(1)10)12-7(13)14-6. The van der Waals surface area contributed by atoms with E-state index in [2.05, 4.69) is 0 Å². The summed E-state index contributed by atoms with van der Waals surface area (Å²) in [6.45, 7) is 0. The molecule has 74 valence electrons. The lowest BCUT2D eigenvalue weighted by molar-refractivity contribution is 0.609. The van der Waals surface area contributed by atoms with Crippen LogP contribution in [-0.2, 0) is 0 Å². The Hall–Kier alpha value is 0.490. The molecule has 0 spiro atoms. The maximum Gasteiger partial charge on any atom is 0.248 e. The predicted octanol–water partition coefficient (Wildman–Crippen LogP) is 5.84. The van der Waals surface area contributed by atoms with E-state index in [1.807, 2.05) is 0 Å². The van der Waals surface area contributed by atoms with Gasteiger partial charge in [0.15, 0.2) is 5.58 Å². The maximum absolute atomic E-state index is 5.95. The third-order valence-electron chi connectivity index (χ3n) is 1.55. The summed E-state index contributed by atoms with van der Waals surface area (Å²) in [6, 6.07) is 0. The average Bonchev–Trinajstić information content (AvgIpc) is 2.54.